The van der Waals surface area contributed by atoms with Gasteiger partial charge in [0.2, 0.25) is 0 Å². The molecule has 0 radical (unpaired) electrons. The molecule has 0 aromatic heterocycles. The van der Waals surface area contributed by atoms with Crippen molar-refractivity contribution < 1.29 is 4.74 Å². The molecule has 0 fully saturated rings. The molecule has 2 nitrogen and oxygen atoms in total. The van der Waals surface area contributed by atoms with Gasteiger partial charge in [0.05, 0.1) is 6.61 Å². The van der Waals surface area contributed by atoms with Gasteiger partial charge in [-0.3, -0.25) is 0 Å². The van der Waals surface area contributed by atoms with Crippen molar-refractivity contribution in [2.45, 2.75) is 20.3 Å². The van der Waals surface area contributed by atoms with Crippen LogP contribution in [-0.2, 0) is 0 Å². The van der Waals surface area contributed by atoms with Gasteiger partial charge in [-0.2, -0.15) is 0 Å². The van der Waals surface area contributed by atoms with Crippen molar-refractivity contribution in [3.05, 3.63) is 53.6 Å². The van der Waals surface area contributed by atoms with E-state index in [0.29, 0.717) is 0 Å². The van der Waals surface area contributed by atoms with E-state index in [9.17, 15) is 0 Å². The van der Waals surface area contributed by atoms with Crippen LogP contribution in [0.15, 0.2) is 42.5 Å². The fourth-order valence-corrected chi connectivity index (χ4v) is 3.10. The average Bonchev–Trinajstić information content (AvgIpc) is 2.51. The van der Waals surface area contributed by atoms with Gasteiger partial charge in [-0.05, 0) is 61.8 Å². The third-order valence-corrected chi connectivity index (χ3v) is 4.19. The molecule has 3 aromatic carbocycles. The summed E-state index contributed by atoms with van der Waals surface area (Å²) >= 11 is 0. The lowest BCUT2D eigenvalue weighted by molar-refractivity contribution is 0.316. The van der Waals surface area contributed by atoms with E-state index >= 15 is 0 Å². The zero-order valence-corrected chi connectivity index (χ0v) is 13.6. The van der Waals surface area contributed by atoms with E-state index in [2.05, 4.69) is 61.6 Å². The van der Waals surface area contributed by atoms with Crippen LogP contribution in [0.25, 0.3) is 21.5 Å². The Labute approximate surface area is 132 Å². The molecule has 1 N–H and O–H groups in total. The van der Waals surface area contributed by atoms with Crippen molar-refractivity contribution in [1.29, 1.82) is 0 Å². The lowest BCUT2D eigenvalue weighted by Gasteiger charge is -2.16. The van der Waals surface area contributed by atoms with Crippen LogP contribution < -0.4 is 10.1 Å². The van der Waals surface area contributed by atoms with E-state index in [1.807, 2.05) is 7.05 Å². The molecule has 0 bridgehead atoms. The van der Waals surface area contributed by atoms with Gasteiger partial charge in [-0.1, -0.05) is 36.4 Å². The summed E-state index contributed by atoms with van der Waals surface area (Å²) in [5, 5.41) is 8.16. The summed E-state index contributed by atoms with van der Waals surface area (Å²) in [6.07, 6.45) is 1.01. The smallest absolute Gasteiger partial charge is 0.135 e. The second-order valence-corrected chi connectivity index (χ2v) is 5.86. The van der Waals surface area contributed by atoms with Crippen LogP contribution >= 0.6 is 0 Å². The molecule has 3 aromatic rings. The topological polar surface area (TPSA) is 21.3 Å². The Morgan fingerprint density at radius 2 is 1.50 bits per heavy atom. The first-order chi connectivity index (χ1) is 10.7. The number of hydrogen-bond acceptors (Lipinski definition) is 2. The van der Waals surface area contributed by atoms with Crippen molar-refractivity contribution in [2.75, 3.05) is 20.2 Å². The van der Waals surface area contributed by atoms with Gasteiger partial charge < -0.3 is 10.1 Å². The van der Waals surface area contributed by atoms with Crippen molar-refractivity contribution in [1.82, 2.24) is 5.32 Å². The monoisotopic (exact) mass is 293 g/mol. The molecule has 0 unspecified atom stereocenters. The number of fused-ring (bicyclic) bond motifs is 2. The molecular formula is C20H23NO. The first-order valence-electron chi connectivity index (χ1n) is 7.91. The van der Waals surface area contributed by atoms with Gasteiger partial charge in [0.15, 0.2) is 0 Å². The summed E-state index contributed by atoms with van der Waals surface area (Å²) in [5.41, 5.74) is 2.54. The summed E-state index contributed by atoms with van der Waals surface area (Å²) in [6.45, 7) is 6.03. The van der Waals surface area contributed by atoms with E-state index in [4.69, 9.17) is 4.74 Å². The van der Waals surface area contributed by atoms with Gasteiger partial charge in [-0.15, -0.1) is 0 Å². The fraction of sp³-hybridized carbons (Fsp3) is 0.300. The van der Waals surface area contributed by atoms with Gasteiger partial charge in [-0.25, -0.2) is 0 Å². The minimum absolute atomic E-state index is 0.734. The molecule has 0 aliphatic rings. The molecule has 114 valence electrons. The Bertz CT molecular complexity index is 748. The largest absolute Gasteiger partial charge is 0.492 e. The highest BCUT2D eigenvalue weighted by atomic mass is 16.5. The minimum atomic E-state index is 0.734. The summed E-state index contributed by atoms with van der Waals surface area (Å²) in [7, 11) is 1.97. The molecule has 0 aliphatic carbocycles. The normalized spacial score (nSPS) is 11.2. The van der Waals surface area contributed by atoms with E-state index in [1.54, 1.807) is 0 Å². The minimum Gasteiger partial charge on any atom is -0.492 e. The van der Waals surface area contributed by atoms with E-state index in [0.717, 1.165) is 25.3 Å². The Hall–Kier alpha value is -2.06. The van der Waals surface area contributed by atoms with Gasteiger partial charge in [0, 0.05) is 10.8 Å². The quantitative estimate of drug-likeness (QED) is 0.548. The summed E-state index contributed by atoms with van der Waals surface area (Å²) in [6, 6.07) is 15.2. The molecule has 0 atom stereocenters. The second kappa shape index (κ2) is 6.37. The number of rotatable bonds is 5. The van der Waals surface area contributed by atoms with Crippen molar-refractivity contribution in [3.63, 3.8) is 0 Å². The van der Waals surface area contributed by atoms with Crippen LogP contribution in [0.3, 0.4) is 0 Å². The number of ether oxygens (including phenoxy) is 1. The molecule has 0 saturated heterocycles. The number of nitrogens with one attached hydrogen (secondary N) is 1. The predicted molar refractivity (Wildman–Crippen MR) is 95.0 cm³/mol. The molecular weight excluding hydrogens is 270 g/mol. The fourth-order valence-electron chi connectivity index (χ4n) is 3.10. The Balaban J connectivity index is 2.21. The van der Waals surface area contributed by atoms with Crippen LogP contribution in [0.2, 0.25) is 0 Å². The summed E-state index contributed by atoms with van der Waals surface area (Å²) in [5.74, 6) is 1.04. The zero-order valence-electron chi connectivity index (χ0n) is 13.6. The number of aryl methyl sites for hydroxylation is 2. The van der Waals surface area contributed by atoms with Gasteiger partial charge in [0.1, 0.15) is 5.75 Å². The third kappa shape index (κ3) is 2.67. The second-order valence-electron chi connectivity index (χ2n) is 5.86. The van der Waals surface area contributed by atoms with E-state index in [1.165, 1.54) is 32.7 Å². The Morgan fingerprint density at radius 3 is 2.05 bits per heavy atom. The Morgan fingerprint density at radius 1 is 0.909 bits per heavy atom. The van der Waals surface area contributed by atoms with E-state index < -0.39 is 0 Å². The molecule has 0 saturated carbocycles. The highest BCUT2D eigenvalue weighted by Crippen LogP contribution is 2.38. The zero-order chi connectivity index (χ0) is 15.5. The first kappa shape index (κ1) is 14.9. The Kier molecular flexibility index (Phi) is 4.30. The maximum Gasteiger partial charge on any atom is 0.135 e. The standard InChI is InChI=1S/C20H23NO/c1-14-7-4-9-16-13-17-10-5-8-15(2)19(17)20(18(14)16)22-12-6-11-21-3/h4-5,7-10,13,21H,6,11-12H2,1-3H3. The molecule has 0 spiro atoms. The van der Waals surface area contributed by atoms with Crippen LogP contribution in [0.1, 0.15) is 17.5 Å². The lowest BCUT2D eigenvalue weighted by Crippen LogP contribution is -2.11. The van der Waals surface area contributed by atoms with Crippen LogP contribution in [0.5, 0.6) is 5.75 Å². The third-order valence-electron chi connectivity index (χ3n) is 4.19. The average molecular weight is 293 g/mol. The molecule has 3 rings (SSSR count). The van der Waals surface area contributed by atoms with Crippen LogP contribution in [0, 0.1) is 13.8 Å². The first-order valence-corrected chi connectivity index (χ1v) is 7.91. The van der Waals surface area contributed by atoms with Gasteiger partial charge >= 0.3 is 0 Å². The van der Waals surface area contributed by atoms with Gasteiger partial charge in [0.25, 0.3) is 0 Å². The van der Waals surface area contributed by atoms with Crippen molar-refractivity contribution in [2.24, 2.45) is 0 Å². The van der Waals surface area contributed by atoms with Crippen LogP contribution in [-0.4, -0.2) is 20.2 Å². The maximum absolute atomic E-state index is 6.26. The summed E-state index contributed by atoms with van der Waals surface area (Å²) < 4.78 is 6.26. The summed E-state index contributed by atoms with van der Waals surface area (Å²) in [4.78, 5) is 0. The number of benzene rings is 3. The predicted octanol–water partition coefficient (Wildman–Crippen LogP) is 4.60. The molecule has 0 heterocycles. The molecule has 0 amide bonds. The molecule has 0 aliphatic heterocycles. The maximum atomic E-state index is 6.26. The number of hydrogen-bond donors (Lipinski definition) is 1. The van der Waals surface area contributed by atoms with Crippen molar-refractivity contribution in [3.8, 4) is 5.75 Å². The molecule has 22 heavy (non-hydrogen) atoms. The molecule has 2 heteroatoms. The highest BCUT2D eigenvalue weighted by molar-refractivity contribution is 6.07. The lowest BCUT2D eigenvalue weighted by atomic mass is 9.96. The van der Waals surface area contributed by atoms with Crippen molar-refractivity contribution >= 4 is 21.5 Å². The highest BCUT2D eigenvalue weighted by Gasteiger charge is 2.12. The SMILES string of the molecule is CNCCCOc1c2c(C)cccc2cc2cccc(C)c12. The van der Waals surface area contributed by atoms with E-state index in [-0.39, 0.29) is 0 Å². The van der Waals surface area contributed by atoms with Crippen LogP contribution in [0.4, 0.5) is 0 Å².